The van der Waals surface area contributed by atoms with Crippen LogP contribution in [-0.4, -0.2) is 19.5 Å². The molecule has 0 aliphatic heterocycles. The number of rotatable bonds is 3. The van der Waals surface area contributed by atoms with Crippen LogP contribution in [0.5, 0.6) is 0 Å². The van der Waals surface area contributed by atoms with Crippen molar-refractivity contribution in [2.45, 2.75) is 20.0 Å². The summed E-state index contributed by atoms with van der Waals surface area (Å²) in [4.78, 5) is 12.7. The number of nitrogens with zero attached hydrogens (tertiary/aromatic N) is 4. The van der Waals surface area contributed by atoms with E-state index in [1.807, 2.05) is 0 Å². The van der Waals surface area contributed by atoms with Gasteiger partial charge in [-0.25, -0.2) is 9.97 Å². The van der Waals surface area contributed by atoms with E-state index in [1.165, 1.54) is 24.5 Å². The molecule has 0 fully saturated rings. The summed E-state index contributed by atoms with van der Waals surface area (Å²) >= 11 is 6.23. The van der Waals surface area contributed by atoms with Gasteiger partial charge in [0.2, 0.25) is 0 Å². The van der Waals surface area contributed by atoms with Crippen molar-refractivity contribution in [1.29, 1.82) is 0 Å². The lowest BCUT2D eigenvalue weighted by atomic mass is 10.2. The Morgan fingerprint density at radius 1 is 1.04 bits per heavy atom. The van der Waals surface area contributed by atoms with Crippen LogP contribution in [0.4, 0.5) is 24.7 Å². The zero-order chi connectivity index (χ0) is 18.2. The van der Waals surface area contributed by atoms with Crippen LogP contribution in [0.1, 0.15) is 17.1 Å². The lowest BCUT2D eigenvalue weighted by molar-refractivity contribution is -0.137. The van der Waals surface area contributed by atoms with Gasteiger partial charge in [-0.05, 0) is 38.1 Å². The van der Waals surface area contributed by atoms with Crippen LogP contribution in [0, 0.1) is 13.8 Å². The minimum absolute atomic E-state index is 0.374. The van der Waals surface area contributed by atoms with Crippen LogP contribution < -0.4 is 5.32 Å². The molecule has 0 unspecified atom stereocenters. The summed E-state index contributed by atoms with van der Waals surface area (Å²) in [5, 5.41) is 3.35. The van der Waals surface area contributed by atoms with E-state index in [4.69, 9.17) is 11.6 Å². The summed E-state index contributed by atoms with van der Waals surface area (Å²) in [5.41, 5.74) is 0.417. The SMILES string of the molecule is Cc1nc(C)n(-c2cncc(Nc3ccc(C(F)(F)F)cc3)n2)c1Cl. The predicted molar refractivity (Wildman–Crippen MR) is 88.4 cm³/mol. The van der Waals surface area contributed by atoms with Crippen molar-refractivity contribution in [3.8, 4) is 5.82 Å². The van der Waals surface area contributed by atoms with Crippen LogP contribution in [-0.2, 0) is 6.18 Å². The highest BCUT2D eigenvalue weighted by molar-refractivity contribution is 6.30. The minimum Gasteiger partial charge on any atom is -0.339 e. The van der Waals surface area contributed by atoms with Crippen molar-refractivity contribution in [1.82, 2.24) is 19.5 Å². The average Bonchev–Trinajstić information content (AvgIpc) is 2.80. The number of halogens is 4. The fourth-order valence-corrected chi connectivity index (χ4v) is 2.57. The summed E-state index contributed by atoms with van der Waals surface area (Å²) in [5.74, 6) is 1.49. The smallest absolute Gasteiger partial charge is 0.339 e. The number of alkyl halides is 3. The molecule has 0 amide bonds. The van der Waals surface area contributed by atoms with Gasteiger partial charge in [-0.15, -0.1) is 0 Å². The first-order valence-corrected chi connectivity index (χ1v) is 7.61. The number of nitrogens with one attached hydrogen (secondary N) is 1. The van der Waals surface area contributed by atoms with E-state index in [0.29, 0.717) is 34.0 Å². The maximum Gasteiger partial charge on any atom is 0.416 e. The highest BCUT2D eigenvalue weighted by Crippen LogP contribution is 2.30. The van der Waals surface area contributed by atoms with Gasteiger partial charge in [0.1, 0.15) is 11.0 Å². The lowest BCUT2D eigenvalue weighted by Gasteiger charge is -2.10. The maximum absolute atomic E-state index is 12.6. The highest BCUT2D eigenvalue weighted by Gasteiger charge is 2.29. The third kappa shape index (κ3) is 3.58. The molecule has 5 nitrogen and oxygen atoms in total. The van der Waals surface area contributed by atoms with E-state index in [1.54, 1.807) is 18.4 Å². The van der Waals surface area contributed by atoms with Crippen LogP contribution in [0.25, 0.3) is 5.82 Å². The molecular formula is C16H13ClF3N5. The molecule has 1 aromatic carbocycles. The molecule has 0 saturated carbocycles. The second-order valence-corrected chi connectivity index (χ2v) is 5.69. The van der Waals surface area contributed by atoms with Crippen LogP contribution in [0.2, 0.25) is 5.15 Å². The van der Waals surface area contributed by atoms with Crippen LogP contribution in [0.3, 0.4) is 0 Å². The lowest BCUT2D eigenvalue weighted by Crippen LogP contribution is -2.05. The molecule has 0 saturated heterocycles. The van der Waals surface area contributed by atoms with Crippen molar-refractivity contribution in [3.05, 3.63) is 58.9 Å². The van der Waals surface area contributed by atoms with Gasteiger partial charge >= 0.3 is 6.18 Å². The summed E-state index contributed by atoms with van der Waals surface area (Å²) in [7, 11) is 0. The fraction of sp³-hybridized carbons (Fsp3) is 0.188. The van der Waals surface area contributed by atoms with Crippen molar-refractivity contribution in [2.24, 2.45) is 0 Å². The molecule has 0 atom stereocenters. The van der Waals surface area contributed by atoms with E-state index in [-0.39, 0.29) is 0 Å². The Hall–Kier alpha value is -2.61. The third-order valence-corrected chi connectivity index (χ3v) is 3.93. The third-order valence-electron chi connectivity index (χ3n) is 3.48. The van der Waals surface area contributed by atoms with Crippen molar-refractivity contribution in [2.75, 3.05) is 5.32 Å². The molecule has 3 aromatic rings. The number of benzene rings is 1. The van der Waals surface area contributed by atoms with Gasteiger partial charge in [0.15, 0.2) is 11.6 Å². The van der Waals surface area contributed by atoms with Crippen molar-refractivity contribution >= 4 is 23.1 Å². The number of hydrogen-bond donors (Lipinski definition) is 1. The highest BCUT2D eigenvalue weighted by atomic mass is 35.5. The Balaban J connectivity index is 1.87. The van der Waals surface area contributed by atoms with E-state index in [0.717, 1.165) is 12.1 Å². The molecule has 25 heavy (non-hydrogen) atoms. The Morgan fingerprint density at radius 3 is 2.28 bits per heavy atom. The Bertz CT molecular complexity index is 903. The first-order valence-electron chi connectivity index (χ1n) is 7.24. The number of aromatic nitrogens is 4. The van der Waals surface area contributed by atoms with E-state index < -0.39 is 11.7 Å². The first kappa shape index (κ1) is 17.2. The quantitative estimate of drug-likeness (QED) is 0.729. The van der Waals surface area contributed by atoms with Gasteiger partial charge in [-0.1, -0.05) is 11.6 Å². The van der Waals surface area contributed by atoms with Gasteiger partial charge in [0.25, 0.3) is 0 Å². The number of anilines is 2. The molecular weight excluding hydrogens is 355 g/mol. The number of hydrogen-bond acceptors (Lipinski definition) is 4. The molecule has 9 heteroatoms. The van der Waals surface area contributed by atoms with Crippen LogP contribution in [0.15, 0.2) is 36.7 Å². The van der Waals surface area contributed by atoms with Crippen molar-refractivity contribution < 1.29 is 13.2 Å². The molecule has 3 rings (SSSR count). The topological polar surface area (TPSA) is 55.6 Å². The zero-order valence-corrected chi connectivity index (χ0v) is 14.0. The average molecular weight is 368 g/mol. The van der Waals surface area contributed by atoms with Gasteiger partial charge < -0.3 is 5.32 Å². The second-order valence-electron chi connectivity index (χ2n) is 5.33. The van der Waals surface area contributed by atoms with E-state index >= 15 is 0 Å². The number of imidazole rings is 1. The summed E-state index contributed by atoms with van der Waals surface area (Å²) < 4.78 is 39.4. The van der Waals surface area contributed by atoms with E-state index in [2.05, 4.69) is 20.3 Å². The normalized spacial score (nSPS) is 11.6. The molecule has 0 bridgehead atoms. The Morgan fingerprint density at radius 2 is 1.72 bits per heavy atom. The predicted octanol–water partition coefficient (Wildman–Crippen LogP) is 4.69. The summed E-state index contributed by atoms with van der Waals surface area (Å²) in [6, 6.07) is 4.66. The molecule has 0 radical (unpaired) electrons. The first-order chi connectivity index (χ1) is 11.8. The van der Waals surface area contributed by atoms with Gasteiger partial charge in [-0.3, -0.25) is 9.55 Å². The molecule has 2 aromatic heterocycles. The van der Waals surface area contributed by atoms with Gasteiger partial charge in [-0.2, -0.15) is 13.2 Å². The summed E-state index contributed by atoms with van der Waals surface area (Å²) in [6.45, 7) is 3.57. The van der Waals surface area contributed by atoms with Gasteiger partial charge in [0, 0.05) is 5.69 Å². The standard InChI is InChI=1S/C16H13ClF3N5/c1-9-15(17)25(10(2)22-9)14-8-21-7-13(24-14)23-12-5-3-11(4-6-12)16(18,19)20/h3-8H,1-2H3,(H,23,24). The Kier molecular flexibility index (Phi) is 4.38. The molecule has 2 heterocycles. The van der Waals surface area contributed by atoms with Crippen LogP contribution >= 0.6 is 11.6 Å². The summed E-state index contributed by atoms with van der Waals surface area (Å²) in [6.07, 6.45) is -1.38. The molecule has 0 aliphatic carbocycles. The monoisotopic (exact) mass is 367 g/mol. The number of aryl methyl sites for hydroxylation is 2. The maximum atomic E-state index is 12.6. The Labute approximate surface area is 146 Å². The fourth-order valence-electron chi connectivity index (χ4n) is 2.32. The molecule has 0 aliphatic rings. The molecule has 130 valence electrons. The van der Waals surface area contributed by atoms with E-state index in [9.17, 15) is 13.2 Å². The second kappa shape index (κ2) is 6.36. The minimum atomic E-state index is -4.37. The largest absolute Gasteiger partial charge is 0.416 e. The zero-order valence-electron chi connectivity index (χ0n) is 13.3. The molecule has 1 N–H and O–H groups in total. The van der Waals surface area contributed by atoms with Crippen molar-refractivity contribution in [3.63, 3.8) is 0 Å². The molecule has 0 spiro atoms. The van der Waals surface area contributed by atoms with Gasteiger partial charge in [0.05, 0.1) is 23.7 Å².